The predicted octanol–water partition coefficient (Wildman–Crippen LogP) is 2.77. The third-order valence-corrected chi connectivity index (χ3v) is 6.38. The number of nitrogens with zero attached hydrogens (tertiary/aromatic N) is 2. The van der Waals surface area contributed by atoms with Gasteiger partial charge in [-0.25, -0.2) is 12.7 Å². The SMILES string of the molecule is CC1Cc2ccccc2N1CCOc1ccc(S(=O)(=O)N(C)C)cc1. The molecule has 0 N–H and O–H groups in total. The number of hydrogen-bond acceptors (Lipinski definition) is 4. The first-order valence-electron chi connectivity index (χ1n) is 8.39. The number of para-hydroxylation sites is 1. The summed E-state index contributed by atoms with van der Waals surface area (Å²) in [4.78, 5) is 2.63. The van der Waals surface area contributed by atoms with Crippen LogP contribution in [0.25, 0.3) is 0 Å². The molecule has 1 unspecified atom stereocenters. The van der Waals surface area contributed by atoms with Gasteiger partial charge in [0.15, 0.2) is 0 Å². The Balaban J connectivity index is 1.60. The molecule has 3 rings (SSSR count). The van der Waals surface area contributed by atoms with Crippen LogP contribution in [-0.4, -0.2) is 46.0 Å². The van der Waals surface area contributed by atoms with Crippen LogP contribution in [0.15, 0.2) is 53.4 Å². The molecular weight excluding hydrogens is 336 g/mol. The fourth-order valence-corrected chi connectivity index (χ4v) is 4.05. The number of rotatable bonds is 6. The van der Waals surface area contributed by atoms with Gasteiger partial charge in [-0.1, -0.05) is 18.2 Å². The van der Waals surface area contributed by atoms with Crippen LogP contribution < -0.4 is 9.64 Å². The van der Waals surface area contributed by atoms with Gasteiger partial charge in [-0.3, -0.25) is 0 Å². The Bertz CT molecular complexity index is 832. The number of fused-ring (bicyclic) bond motifs is 1. The number of ether oxygens (including phenoxy) is 1. The molecule has 2 aromatic rings. The third-order valence-electron chi connectivity index (χ3n) is 4.55. The zero-order chi connectivity index (χ0) is 18.0. The van der Waals surface area contributed by atoms with Crippen molar-refractivity contribution in [1.29, 1.82) is 0 Å². The molecule has 6 heteroatoms. The van der Waals surface area contributed by atoms with Crippen LogP contribution in [0.3, 0.4) is 0 Å². The molecule has 0 fully saturated rings. The quantitative estimate of drug-likeness (QED) is 0.795. The van der Waals surface area contributed by atoms with Gasteiger partial charge in [-0.05, 0) is 49.2 Å². The van der Waals surface area contributed by atoms with E-state index in [-0.39, 0.29) is 4.90 Å². The third kappa shape index (κ3) is 3.65. The summed E-state index contributed by atoms with van der Waals surface area (Å²) in [5.41, 5.74) is 2.67. The molecule has 0 radical (unpaired) electrons. The molecule has 25 heavy (non-hydrogen) atoms. The summed E-state index contributed by atoms with van der Waals surface area (Å²) in [5.74, 6) is 0.679. The van der Waals surface area contributed by atoms with Crippen molar-refractivity contribution in [2.24, 2.45) is 0 Å². The first kappa shape index (κ1) is 17.8. The summed E-state index contributed by atoms with van der Waals surface area (Å²) in [6.45, 7) is 3.58. The highest BCUT2D eigenvalue weighted by atomic mass is 32.2. The van der Waals surface area contributed by atoms with Crippen molar-refractivity contribution in [2.45, 2.75) is 24.3 Å². The summed E-state index contributed by atoms with van der Waals surface area (Å²) >= 11 is 0. The highest BCUT2D eigenvalue weighted by molar-refractivity contribution is 7.89. The minimum Gasteiger partial charge on any atom is -0.492 e. The fourth-order valence-electron chi connectivity index (χ4n) is 3.15. The van der Waals surface area contributed by atoms with E-state index in [1.165, 1.54) is 29.7 Å². The average Bonchev–Trinajstić information content (AvgIpc) is 2.91. The number of benzene rings is 2. The Labute approximate surface area is 149 Å². The van der Waals surface area contributed by atoms with Crippen LogP contribution in [-0.2, 0) is 16.4 Å². The molecule has 0 aliphatic carbocycles. The maximum Gasteiger partial charge on any atom is 0.242 e. The first-order valence-corrected chi connectivity index (χ1v) is 9.83. The van der Waals surface area contributed by atoms with E-state index < -0.39 is 10.0 Å². The lowest BCUT2D eigenvalue weighted by molar-refractivity contribution is 0.321. The molecule has 0 bridgehead atoms. The smallest absolute Gasteiger partial charge is 0.242 e. The van der Waals surface area contributed by atoms with Crippen LogP contribution in [0, 0.1) is 0 Å². The second-order valence-corrected chi connectivity index (χ2v) is 8.63. The van der Waals surface area contributed by atoms with Gasteiger partial charge < -0.3 is 9.64 Å². The van der Waals surface area contributed by atoms with Gasteiger partial charge >= 0.3 is 0 Å². The number of anilines is 1. The summed E-state index contributed by atoms with van der Waals surface area (Å²) < 4.78 is 31.1. The first-order chi connectivity index (χ1) is 11.9. The number of sulfonamides is 1. The van der Waals surface area contributed by atoms with Gasteiger partial charge in [0.2, 0.25) is 10.0 Å². The van der Waals surface area contributed by atoms with Crippen LogP contribution in [0.2, 0.25) is 0 Å². The number of hydrogen-bond donors (Lipinski definition) is 0. The zero-order valence-corrected chi connectivity index (χ0v) is 15.7. The van der Waals surface area contributed by atoms with Crippen molar-refractivity contribution in [2.75, 3.05) is 32.1 Å². The lowest BCUT2D eigenvalue weighted by Gasteiger charge is -2.24. The molecule has 1 aliphatic rings. The molecule has 0 saturated heterocycles. The summed E-state index contributed by atoms with van der Waals surface area (Å²) in [7, 11) is -0.353. The Hall–Kier alpha value is -2.05. The topological polar surface area (TPSA) is 49.9 Å². The fraction of sp³-hybridized carbons (Fsp3) is 0.368. The van der Waals surface area contributed by atoms with Crippen LogP contribution >= 0.6 is 0 Å². The van der Waals surface area contributed by atoms with Crippen molar-refractivity contribution in [3.05, 3.63) is 54.1 Å². The van der Waals surface area contributed by atoms with Gasteiger partial charge in [-0.2, -0.15) is 0 Å². The van der Waals surface area contributed by atoms with Crippen molar-refractivity contribution in [3.8, 4) is 5.75 Å². The van der Waals surface area contributed by atoms with E-state index in [1.807, 2.05) is 0 Å². The van der Waals surface area contributed by atoms with Gasteiger partial charge in [0, 0.05) is 25.8 Å². The molecule has 1 heterocycles. The van der Waals surface area contributed by atoms with Crippen molar-refractivity contribution in [1.82, 2.24) is 4.31 Å². The Morgan fingerprint density at radius 2 is 1.80 bits per heavy atom. The van der Waals surface area contributed by atoms with E-state index in [2.05, 4.69) is 36.1 Å². The van der Waals surface area contributed by atoms with Gasteiger partial charge in [0.25, 0.3) is 0 Å². The highest BCUT2D eigenvalue weighted by Gasteiger charge is 2.25. The minimum atomic E-state index is -3.40. The lowest BCUT2D eigenvalue weighted by Crippen LogP contribution is -2.33. The molecular formula is C19H24N2O3S. The van der Waals surface area contributed by atoms with Gasteiger partial charge in [0.1, 0.15) is 12.4 Å². The molecule has 0 saturated carbocycles. The van der Waals surface area contributed by atoms with E-state index in [4.69, 9.17) is 4.74 Å². The average molecular weight is 360 g/mol. The highest BCUT2D eigenvalue weighted by Crippen LogP contribution is 2.31. The van der Waals surface area contributed by atoms with Gasteiger partial charge in [-0.15, -0.1) is 0 Å². The Morgan fingerprint density at radius 3 is 2.48 bits per heavy atom. The second-order valence-electron chi connectivity index (χ2n) is 6.48. The molecule has 5 nitrogen and oxygen atoms in total. The molecule has 0 aromatic heterocycles. The van der Waals surface area contributed by atoms with E-state index in [0.29, 0.717) is 18.4 Å². The van der Waals surface area contributed by atoms with Crippen LogP contribution in [0.5, 0.6) is 5.75 Å². The summed E-state index contributed by atoms with van der Waals surface area (Å²) in [6, 6.07) is 15.5. The molecule has 0 spiro atoms. The molecule has 1 atom stereocenters. The molecule has 0 amide bonds. The zero-order valence-electron chi connectivity index (χ0n) is 14.8. The van der Waals surface area contributed by atoms with E-state index in [0.717, 1.165) is 13.0 Å². The second kappa shape index (κ2) is 7.06. The summed E-state index contributed by atoms with van der Waals surface area (Å²) in [5, 5.41) is 0. The standard InChI is InChI=1S/C19H24N2O3S/c1-15-14-16-6-4-5-7-19(16)21(15)12-13-24-17-8-10-18(11-9-17)25(22,23)20(2)3/h4-11,15H,12-14H2,1-3H3. The van der Waals surface area contributed by atoms with Gasteiger partial charge in [0.05, 0.1) is 11.4 Å². The normalized spacial score (nSPS) is 17.0. The van der Waals surface area contributed by atoms with Crippen molar-refractivity contribution in [3.63, 3.8) is 0 Å². The maximum atomic E-state index is 12.1. The van der Waals surface area contributed by atoms with E-state index in [9.17, 15) is 8.42 Å². The minimum absolute atomic E-state index is 0.270. The Morgan fingerprint density at radius 1 is 1.12 bits per heavy atom. The molecule has 1 aliphatic heterocycles. The predicted molar refractivity (Wildman–Crippen MR) is 99.8 cm³/mol. The lowest BCUT2D eigenvalue weighted by atomic mass is 10.1. The van der Waals surface area contributed by atoms with Crippen molar-refractivity contribution >= 4 is 15.7 Å². The Kier molecular flexibility index (Phi) is 5.01. The largest absolute Gasteiger partial charge is 0.492 e. The van der Waals surface area contributed by atoms with Crippen LogP contribution in [0.4, 0.5) is 5.69 Å². The van der Waals surface area contributed by atoms with E-state index in [1.54, 1.807) is 24.3 Å². The molecule has 2 aromatic carbocycles. The molecule has 134 valence electrons. The van der Waals surface area contributed by atoms with E-state index >= 15 is 0 Å². The maximum absolute atomic E-state index is 12.1. The monoisotopic (exact) mass is 360 g/mol. The van der Waals surface area contributed by atoms with Crippen LogP contribution in [0.1, 0.15) is 12.5 Å². The van der Waals surface area contributed by atoms with Crippen molar-refractivity contribution < 1.29 is 13.2 Å². The summed E-state index contributed by atoms with van der Waals surface area (Å²) in [6.07, 6.45) is 1.06.